The average Bonchev–Trinajstić information content (AvgIpc) is 2.55. The molecule has 0 bridgehead atoms. The zero-order chi connectivity index (χ0) is 18.7. The largest absolute Gasteiger partial charge is 0.466 e. The lowest BCUT2D eigenvalue weighted by Gasteiger charge is -2.11. The molecule has 0 unspecified atom stereocenters. The number of nitrogen functional groups attached to an aromatic ring is 1. The highest BCUT2D eigenvalue weighted by molar-refractivity contribution is 7.80. The summed E-state index contributed by atoms with van der Waals surface area (Å²) in [5.74, 6) is -0.506. The number of carbonyl (C=O) groups is 2. The molecular formula is C16H23N5O3S. The SMILES string of the molecule is CCOC(=O)CCNC(=O)CCNC(=S)Nc1ccc(C(=N)N)cc1. The Morgan fingerprint density at radius 3 is 2.40 bits per heavy atom. The van der Waals surface area contributed by atoms with E-state index < -0.39 is 0 Å². The smallest absolute Gasteiger partial charge is 0.307 e. The zero-order valence-corrected chi connectivity index (χ0v) is 14.9. The normalized spacial score (nSPS) is 9.80. The number of anilines is 1. The van der Waals surface area contributed by atoms with Crippen molar-refractivity contribution in [1.29, 1.82) is 5.41 Å². The molecule has 0 aromatic heterocycles. The maximum absolute atomic E-state index is 11.6. The molecule has 25 heavy (non-hydrogen) atoms. The van der Waals surface area contributed by atoms with Crippen LogP contribution in [-0.2, 0) is 14.3 Å². The van der Waals surface area contributed by atoms with Crippen molar-refractivity contribution >= 4 is 40.7 Å². The lowest BCUT2D eigenvalue weighted by Crippen LogP contribution is -2.33. The van der Waals surface area contributed by atoms with E-state index in [1.54, 1.807) is 31.2 Å². The van der Waals surface area contributed by atoms with Crippen molar-refractivity contribution in [2.75, 3.05) is 25.0 Å². The molecule has 9 heteroatoms. The molecule has 1 rings (SSSR count). The Bertz CT molecular complexity index is 619. The van der Waals surface area contributed by atoms with Crippen molar-refractivity contribution in [1.82, 2.24) is 10.6 Å². The summed E-state index contributed by atoms with van der Waals surface area (Å²) in [6.45, 7) is 2.68. The molecule has 8 nitrogen and oxygen atoms in total. The van der Waals surface area contributed by atoms with Gasteiger partial charge in [-0.1, -0.05) is 0 Å². The van der Waals surface area contributed by atoms with Crippen LogP contribution in [0.4, 0.5) is 5.69 Å². The number of carbonyl (C=O) groups excluding carboxylic acids is 2. The molecule has 0 aliphatic rings. The molecule has 0 spiro atoms. The molecule has 0 aliphatic heterocycles. The molecule has 136 valence electrons. The summed E-state index contributed by atoms with van der Waals surface area (Å²) in [4.78, 5) is 22.8. The summed E-state index contributed by atoms with van der Waals surface area (Å²) < 4.78 is 4.77. The first-order chi connectivity index (χ1) is 11.9. The highest BCUT2D eigenvalue weighted by atomic mass is 32.1. The number of hydrogen-bond donors (Lipinski definition) is 5. The van der Waals surface area contributed by atoms with E-state index in [0.29, 0.717) is 23.8 Å². The summed E-state index contributed by atoms with van der Waals surface area (Å²) >= 11 is 5.14. The van der Waals surface area contributed by atoms with E-state index in [-0.39, 0.29) is 37.1 Å². The molecule has 1 aromatic carbocycles. The van der Waals surface area contributed by atoms with Crippen LogP contribution in [0.5, 0.6) is 0 Å². The van der Waals surface area contributed by atoms with E-state index in [0.717, 1.165) is 5.69 Å². The topological polar surface area (TPSA) is 129 Å². The van der Waals surface area contributed by atoms with Crippen molar-refractivity contribution in [3.8, 4) is 0 Å². The van der Waals surface area contributed by atoms with Gasteiger partial charge in [-0.15, -0.1) is 0 Å². The molecule has 0 aliphatic carbocycles. The predicted octanol–water partition coefficient (Wildman–Crippen LogP) is 0.717. The summed E-state index contributed by atoms with van der Waals surface area (Å²) in [5.41, 5.74) is 6.77. The summed E-state index contributed by atoms with van der Waals surface area (Å²) in [5, 5.41) is 16.2. The van der Waals surface area contributed by atoms with Gasteiger partial charge in [-0.3, -0.25) is 15.0 Å². The number of amidine groups is 1. The predicted molar refractivity (Wildman–Crippen MR) is 101 cm³/mol. The monoisotopic (exact) mass is 365 g/mol. The van der Waals surface area contributed by atoms with Crippen molar-refractivity contribution in [2.45, 2.75) is 19.8 Å². The van der Waals surface area contributed by atoms with E-state index >= 15 is 0 Å². The first-order valence-corrected chi connectivity index (χ1v) is 8.24. The highest BCUT2D eigenvalue weighted by Crippen LogP contribution is 2.08. The molecule has 0 saturated carbocycles. The fourth-order valence-electron chi connectivity index (χ4n) is 1.82. The Kier molecular flexibility index (Phi) is 8.94. The van der Waals surface area contributed by atoms with Crippen LogP contribution in [0.1, 0.15) is 25.3 Å². The number of thiocarbonyl (C=S) groups is 1. The summed E-state index contributed by atoms with van der Waals surface area (Å²) in [6.07, 6.45) is 0.386. The van der Waals surface area contributed by atoms with Gasteiger partial charge in [0.1, 0.15) is 5.84 Å². The number of nitrogens with one attached hydrogen (secondary N) is 4. The molecule has 0 atom stereocenters. The Labute approximate surface area is 152 Å². The van der Waals surface area contributed by atoms with Crippen LogP contribution in [0.15, 0.2) is 24.3 Å². The lowest BCUT2D eigenvalue weighted by molar-refractivity contribution is -0.143. The third-order valence-corrected chi connectivity index (χ3v) is 3.29. The van der Waals surface area contributed by atoms with Gasteiger partial charge >= 0.3 is 5.97 Å². The first-order valence-electron chi connectivity index (χ1n) is 7.84. The third-order valence-electron chi connectivity index (χ3n) is 3.05. The number of nitrogens with two attached hydrogens (primary N) is 1. The van der Waals surface area contributed by atoms with Crippen LogP contribution in [0.3, 0.4) is 0 Å². The lowest BCUT2D eigenvalue weighted by atomic mass is 10.2. The number of rotatable bonds is 9. The van der Waals surface area contributed by atoms with Gasteiger partial charge in [-0.05, 0) is 43.4 Å². The van der Waals surface area contributed by atoms with Gasteiger partial charge in [-0.2, -0.15) is 0 Å². The van der Waals surface area contributed by atoms with E-state index in [2.05, 4.69) is 16.0 Å². The van der Waals surface area contributed by atoms with Crippen LogP contribution in [0.25, 0.3) is 0 Å². The summed E-state index contributed by atoms with van der Waals surface area (Å²) in [6, 6.07) is 6.94. The molecule has 1 aromatic rings. The average molecular weight is 365 g/mol. The van der Waals surface area contributed by atoms with Crippen molar-refractivity contribution in [3.63, 3.8) is 0 Å². The van der Waals surface area contributed by atoms with Crippen LogP contribution in [0, 0.1) is 5.41 Å². The molecule has 0 radical (unpaired) electrons. The van der Waals surface area contributed by atoms with Crippen LogP contribution in [-0.4, -0.2) is 42.5 Å². The fraction of sp³-hybridized carbons (Fsp3) is 0.375. The maximum atomic E-state index is 11.6. The van der Waals surface area contributed by atoms with E-state index in [1.807, 2.05) is 0 Å². The molecular weight excluding hydrogens is 342 g/mol. The molecule has 0 saturated heterocycles. The minimum absolute atomic E-state index is 0.00113. The van der Waals surface area contributed by atoms with Gasteiger partial charge in [0.25, 0.3) is 0 Å². The van der Waals surface area contributed by atoms with Gasteiger partial charge in [0.15, 0.2) is 5.11 Å². The number of hydrogen-bond acceptors (Lipinski definition) is 5. The Hall–Kier alpha value is -2.68. The van der Waals surface area contributed by atoms with Gasteiger partial charge in [0, 0.05) is 30.8 Å². The molecule has 0 heterocycles. The number of esters is 1. The molecule has 0 fully saturated rings. The quantitative estimate of drug-likeness (QED) is 0.189. The second-order valence-electron chi connectivity index (χ2n) is 5.03. The van der Waals surface area contributed by atoms with Gasteiger partial charge in [0.05, 0.1) is 13.0 Å². The van der Waals surface area contributed by atoms with Gasteiger partial charge in [-0.25, -0.2) is 0 Å². The maximum Gasteiger partial charge on any atom is 0.307 e. The van der Waals surface area contributed by atoms with Crippen LogP contribution < -0.4 is 21.7 Å². The number of amides is 1. The van der Waals surface area contributed by atoms with Crippen LogP contribution >= 0.6 is 12.2 Å². The van der Waals surface area contributed by atoms with E-state index in [4.69, 9.17) is 28.1 Å². The Balaban J connectivity index is 2.20. The molecule has 6 N–H and O–H groups in total. The standard InChI is InChI=1S/C16H23N5O3S/c1-2-24-14(23)8-10-19-13(22)7-9-20-16(25)21-12-5-3-11(4-6-12)15(17)18/h3-6H,2,7-10H2,1H3,(H3,17,18)(H,19,22)(H2,20,21,25). The Morgan fingerprint density at radius 2 is 1.80 bits per heavy atom. The van der Waals surface area contributed by atoms with E-state index in [1.165, 1.54) is 0 Å². The Morgan fingerprint density at radius 1 is 1.16 bits per heavy atom. The number of ether oxygens (including phenoxy) is 1. The summed E-state index contributed by atoms with van der Waals surface area (Å²) in [7, 11) is 0. The van der Waals surface area contributed by atoms with Crippen LogP contribution in [0.2, 0.25) is 0 Å². The zero-order valence-electron chi connectivity index (χ0n) is 14.1. The first kappa shape index (κ1) is 20.4. The second-order valence-corrected chi connectivity index (χ2v) is 5.44. The fourth-order valence-corrected chi connectivity index (χ4v) is 2.04. The van der Waals surface area contributed by atoms with Gasteiger partial charge in [0.2, 0.25) is 5.91 Å². The third kappa shape index (κ3) is 8.66. The minimum Gasteiger partial charge on any atom is -0.466 e. The highest BCUT2D eigenvalue weighted by Gasteiger charge is 2.05. The van der Waals surface area contributed by atoms with E-state index in [9.17, 15) is 9.59 Å². The van der Waals surface area contributed by atoms with Crippen molar-refractivity contribution < 1.29 is 14.3 Å². The minimum atomic E-state index is -0.331. The van der Waals surface area contributed by atoms with Crippen molar-refractivity contribution in [3.05, 3.63) is 29.8 Å². The van der Waals surface area contributed by atoms with Gasteiger partial charge < -0.3 is 26.4 Å². The molecule has 1 amide bonds. The van der Waals surface area contributed by atoms with Crippen molar-refractivity contribution in [2.24, 2.45) is 5.73 Å². The second kappa shape index (κ2) is 11.0. The number of benzene rings is 1.